The van der Waals surface area contributed by atoms with E-state index in [1.165, 1.54) is 0 Å². The number of aromatic amines is 1. The van der Waals surface area contributed by atoms with Crippen molar-refractivity contribution in [1.82, 2.24) is 20.1 Å². The van der Waals surface area contributed by atoms with Gasteiger partial charge in [-0.2, -0.15) is 5.10 Å². The van der Waals surface area contributed by atoms with Crippen LogP contribution in [0.1, 0.15) is 34.9 Å². The number of hydrogen-bond acceptors (Lipinski definition) is 5. The molecular weight excluding hydrogens is 368 g/mol. The number of amides is 1. The molecule has 7 heteroatoms. The van der Waals surface area contributed by atoms with Gasteiger partial charge in [-0.15, -0.1) is 0 Å². The molecule has 150 valence electrons. The minimum Gasteiger partial charge on any atom is -0.497 e. The van der Waals surface area contributed by atoms with Gasteiger partial charge in [0, 0.05) is 36.2 Å². The molecule has 3 aromatic rings. The third kappa shape index (κ3) is 4.08. The van der Waals surface area contributed by atoms with Crippen LogP contribution in [0.5, 0.6) is 11.5 Å². The molecule has 1 fully saturated rings. The third-order valence-electron chi connectivity index (χ3n) is 5.30. The molecule has 0 bridgehead atoms. The molecule has 1 aliphatic rings. The van der Waals surface area contributed by atoms with Crippen LogP contribution < -0.4 is 9.47 Å². The van der Waals surface area contributed by atoms with Gasteiger partial charge in [-0.1, -0.05) is 30.3 Å². The van der Waals surface area contributed by atoms with Gasteiger partial charge in [0.15, 0.2) is 5.82 Å². The van der Waals surface area contributed by atoms with Crippen LogP contribution in [-0.2, 0) is 0 Å². The molecule has 1 aliphatic heterocycles. The molecule has 7 nitrogen and oxygen atoms in total. The Bertz CT molecular complexity index is 956. The van der Waals surface area contributed by atoms with E-state index in [9.17, 15) is 4.79 Å². The fourth-order valence-electron chi connectivity index (χ4n) is 3.64. The number of nitrogens with zero attached hydrogens (tertiary/aromatic N) is 3. The number of piperidine rings is 1. The number of rotatable bonds is 5. The molecule has 2 aromatic carbocycles. The predicted octanol–water partition coefficient (Wildman–Crippen LogP) is 3.51. The van der Waals surface area contributed by atoms with E-state index >= 15 is 0 Å². The fraction of sp³-hybridized carbons (Fsp3) is 0.318. The van der Waals surface area contributed by atoms with Crippen LogP contribution in [0, 0.1) is 0 Å². The molecule has 4 rings (SSSR count). The first-order chi connectivity index (χ1) is 14.2. The van der Waals surface area contributed by atoms with Crippen LogP contribution in [-0.4, -0.2) is 53.3 Å². The number of likely N-dealkylation sites (tertiary alicyclic amines) is 1. The number of hydrogen-bond donors (Lipinski definition) is 1. The van der Waals surface area contributed by atoms with Crippen molar-refractivity contribution in [3.05, 3.63) is 59.9 Å². The second-order valence-corrected chi connectivity index (χ2v) is 7.08. The van der Waals surface area contributed by atoms with Gasteiger partial charge in [0.25, 0.3) is 5.91 Å². The monoisotopic (exact) mass is 392 g/mol. The molecule has 0 atom stereocenters. The van der Waals surface area contributed by atoms with E-state index in [0.29, 0.717) is 36.0 Å². The number of aromatic nitrogens is 3. The number of carbonyl (C=O) groups excluding carboxylic acids is 1. The molecule has 0 aliphatic carbocycles. The Labute approximate surface area is 169 Å². The topological polar surface area (TPSA) is 80.3 Å². The van der Waals surface area contributed by atoms with Gasteiger partial charge in [-0.05, 0) is 25.0 Å². The molecular formula is C22H24N4O3. The number of nitrogens with one attached hydrogen (secondary N) is 1. The summed E-state index contributed by atoms with van der Waals surface area (Å²) in [6.45, 7) is 1.34. The van der Waals surface area contributed by atoms with E-state index < -0.39 is 0 Å². The summed E-state index contributed by atoms with van der Waals surface area (Å²) >= 11 is 0. The fourth-order valence-corrected chi connectivity index (χ4v) is 3.64. The van der Waals surface area contributed by atoms with Gasteiger partial charge < -0.3 is 14.4 Å². The number of carbonyl (C=O) groups is 1. The number of ether oxygens (including phenoxy) is 2. The van der Waals surface area contributed by atoms with Crippen LogP contribution in [0.25, 0.3) is 11.4 Å². The predicted molar refractivity (Wildman–Crippen MR) is 109 cm³/mol. The van der Waals surface area contributed by atoms with Crippen molar-refractivity contribution in [2.75, 3.05) is 27.3 Å². The van der Waals surface area contributed by atoms with Gasteiger partial charge >= 0.3 is 0 Å². The lowest BCUT2D eigenvalue weighted by Gasteiger charge is -2.31. The number of H-pyrrole nitrogens is 1. The van der Waals surface area contributed by atoms with Crippen molar-refractivity contribution in [2.45, 2.75) is 18.8 Å². The highest BCUT2D eigenvalue weighted by Crippen LogP contribution is 2.29. The standard InChI is InChI=1S/C22H24N4O3/c1-28-18-12-17(13-19(14-18)29-2)22(27)26-10-8-16(9-11-26)21-23-20(24-25-21)15-6-4-3-5-7-15/h3-7,12-14,16H,8-11H2,1-2H3,(H,23,24,25). The summed E-state index contributed by atoms with van der Waals surface area (Å²) in [6.07, 6.45) is 1.69. The van der Waals surface area contributed by atoms with Gasteiger partial charge in [0.05, 0.1) is 14.2 Å². The molecule has 1 aromatic heterocycles. The Morgan fingerprint density at radius 2 is 1.69 bits per heavy atom. The zero-order valence-corrected chi connectivity index (χ0v) is 16.6. The first-order valence-corrected chi connectivity index (χ1v) is 9.68. The summed E-state index contributed by atoms with van der Waals surface area (Å²) in [5.74, 6) is 3.07. The highest BCUT2D eigenvalue weighted by atomic mass is 16.5. The summed E-state index contributed by atoms with van der Waals surface area (Å²) in [5, 5.41) is 7.44. The average molecular weight is 392 g/mol. The van der Waals surface area contributed by atoms with E-state index in [2.05, 4.69) is 15.2 Å². The van der Waals surface area contributed by atoms with Crippen molar-refractivity contribution in [1.29, 1.82) is 0 Å². The molecule has 0 unspecified atom stereocenters. The maximum absolute atomic E-state index is 12.9. The molecule has 1 N–H and O–H groups in total. The first kappa shape index (κ1) is 19.0. The zero-order chi connectivity index (χ0) is 20.2. The van der Waals surface area contributed by atoms with Crippen molar-refractivity contribution < 1.29 is 14.3 Å². The Morgan fingerprint density at radius 3 is 2.31 bits per heavy atom. The van der Waals surface area contributed by atoms with Crippen molar-refractivity contribution >= 4 is 5.91 Å². The highest BCUT2D eigenvalue weighted by Gasteiger charge is 2.27. The molecule has 29 heavy (non-hydrogen) atoms. The van der Waals surface area contributed by atoms with Crippen molar-refractivity contribution in [3.63, 3.8) is 0 Å². The molecule has 1 saturated heterocycles. The largest absolute Gasteiger partial charge is 0.497 e. The molecule has 1 amide bonds. The van der Waals surface area contributed by atoms with Crippen LogP contribution in [0.15, 0.2) is 48.5 Å². The Kier molecular flexibility index (Phi) is 5.46. The summed E-state index contributed by atoms with van der Waals surface area (Å²) < 4.78 is 10.6. The highest BCUT2D eigenvalue weighted by molar-refractivity contribution is 5.95. The van der Waals surface area contributed by atoms with Crippen LogP contribution in [0.4, 0.5) is 0 Å². The summed E-state index contributed by atoms with van der Waals surface area (Å²) in [4.78, 5) is 19.5. The Balaban J connectivity index is 1.42. The van der Waals surface area contributed by atoms with E-state index in [1.54, 1.807) is 32.4 Å². The zero-order valence-electron chi connectivity index (χ0n) is 16.6. The SMILES string of the molecule is COc1cc(OC)cc(C(=O)N2CCC(c3nc(-c4ccccc4)n[nH]3)CC2)c1. The van der Waals surface area contributed by atoms with Crippen molar-refractivity contribution in [2.24, 2.45) is 0 Å². The molecule has 0 saturated carbocycles. The maximum atomic E-state index is 12.9. The van der Waals surface area contributed by atoms with Crippen molar-refractivity contribution in [3.8, 4) is 22.9 Å². The lowest BCUT2D eigenvalue weighted by Crippen LogP contribution is -2.38. The normalized spacial score (nSPS) is 14.6. The second-order valence-electron chi connectivity index (χ2n) is 7.08. The second kappa shape index (κ2) is 8.34. The first-order valence-electron chi connectivity index (χ1n) is 9.68. The third-order valence-corrected chi connectivity index (χ3v) is 5.30. The van der Waals surface area contributed by atoms with Crippen LogP contribution >= 0.6 is 0 Å². The van der Waals surface area contributed by atoms with E-state index in [1.807, 2.05) is 35.2 Å². The van der Waals surface area contributed by atoms with Gasteiger partial charge in [-0.25, -0.2) is 4.98 Å². The number of benzene rings is 2. The minimum atomic E-state index is -0.0109. The lowest BCUT2D eigenvalue weighted by atomic mass is 9.95. The van der Waals surface area contributed by atoms with E-state index in [-0.39, 0.29) is 11.8 Å². The van der Waals surface area contributed by atoms with Gasteiger partial charge in [0.2, 0.25) is 0 Å². The van der Waals surface area contributed by atoms with Gasteiger partial charge in [-0.3, -0.25) is 9.89 Å². The average Bonchev–Trinajstić information content (AvgIpc) is 3.29. The molecule has 0 spiro atoms. The Hall–Kier alpha value is -3.35. The lowest BCUT2D eigenvalue weighted by molar-refractivity contribution is 0.0710. The summed E-state index contributed by atoms with van der Waals surface area (Å²) in [5.41, 5.74) is 1.57. The van der Waals surface area contributed by atoms with Gasteiger partial charge in [0.1, 0.15) is 17.3 Å². The molecule has 2 heterocycles. The number of methoxy groups -OCH3 is 2. The quantitative estimate of drug-likeness (QED) is 0.719. The summed E-state index contributed by atoms with van der Waals surface area (Å²) in [6, 6.07) is 15.2. The van der Waals surface area contributed by atoms with E-state index in [0.717, 1.165) is 24.2 Å². The van der Waals surface area contributed by atoms with Crippen LogP contribution in [0.3, 0.4) is 0 Å². The summed E-state index contributed by atoms with van der Waals surface area (Å²) in [7, 11) is 3.16. The maximum Gasteiger partial charge on any atom is 0.254 e. The minimum absolute atomic E-state index is 0.0109. The Morgan fingerprint density at radius 1 is 1.03 bits per heavy atom. The smallest absolute Gasteiger partial charge is 0.254 e. The molecule has 0 radical (unpaired) electrons. The van der Waals surface area contributed by atoms with E-state index in [4.69, 9.17) is 9.47 Å². The van der Waals surface area contributed by atoms with Crippen LogP contribution in [0.2, 0.25) is 0 Å².